The van der Waals surface area contributed by atoms with Gasteiger partial charge in [-0.25, -0.2) is 0 Å². The summed E-state index contributed by atoms with van der Waals surface area (Å²) in [6.07, 6.45) is 0. The Kier molecular flexibility index (Phi) is 4.33. The number of ether oxygens (including phenoxy) is 2. The van der Waals surface area contributed by atoms with Gasteiger partial charge in [-0.3, -0.25) is 4.79 Å². The molecule has 0 unspecified atom stereocenters. The van der Waals surface area contributed by atoms with Gasteiger partial charge < -0.3 is 20.1 Å². The third kappa shape index (κ3) is 3.08. The molecule has 0 heterocycles. The molecule has 5 nitrogen and oxygen atoms in total. The smallest absolute Gasteiger partial charge is 0.260 e. The average Bonchev–Trinajstić information content (AvgIpc) is 2.54. The Hall–Kier alpha value is -2.69. The maximum Gasteiger partial charge on any atom is 0.260 e. The molecule has 0 aliphatic carbocycles. The fourth-order valence-electron chi connectivity index (χ4n) is 1.95. The quantitative estimate of drug-likeness (QED) is 0.877. The van der Waals surface area contributed by atoms with Crippen molar-refractivity contribution in [3.05, 3.63) is 48.0 Å². The molecular weight excluding hydrogens is 268 g/mol. The third-order valence-corrected chi connectivity index (χ3v) is 3.26. The predicted octanol–water partition coefficient (Wildman–Crippen LogP) is 2.56. The van der Waals surface area contributed by atoms with Crippen LogP contribution in [-0.2, 0) is 0 Å². The van der Waals surface area contributed by atoms with E-state index >= 15 is 0 Å². The summed E-state index contributed by atoms with van der Waals surface area (Å²) in [5.41, 5.74) is 7.46. The number of nitrogens with two attached hydrogens (primary N) is 1. The van der Waals surface area contributed by atoms with Gasteiger partial charge in [-0.2, -0.15) is 0 Å². The van der Waals surface area contributed by atoms with Crippen molar-refractivity contribution in [2.45, 2.75) is 0 Å². The number of carbonyl (C=O) groups excluding carboxylic acids is 1. The first kappa shape index (κ1) is 14.7. The lowest BCUT2D eigenvalue weighted by atomic mass is 10.1. The molecule has 0 fully saturated rings. The zero-order valence-electron chi connectivity index (χ0n) is 12.3. The summed E-state index contributed by atoms with van der Waals surface area (Å²) in [6, 6.07) is 12.2. The summed E-state index contributed by atoms with van der Waals surface area (Å²) in [5, 5.41) is 0. The van der Waals surface area contributed by atoms with Crippen LogP contribution in [0.15, 0.2) is 42.5 Å². The Morgan fingerprint density at radius 1 is 1.00 bits per heavy atom. The van der Waals surface area contributed by atoms with Crippen LogP contribution in [0.2, 0.25) is 0 Å². The Morgan fingerprint density at radius 2 is 1.57 bits per heavy atom. The largest absolute Gasteiger partial charge is 0.497 e. The van der Waals surface area contributed by atoms with E-state index in [4.69, 9.17) is 15.2 Å². The monoisotopic (exact) mass is 286 g/mol. The first-order valence-corrected chi connectivity index (χ1v) is 6.42. The standard InChI is InChI=1S/C16H18N2O3/c1-18(11-4-6-12(20-2)7-5-11)16(19)14-10-13(21-3)8-9-15(14)17/h4-10H,17H2,1-3H3. The summed E-state index contributed by atoms with van der Waals surface area (Å²) < 4.78 is 10.2. The Labute approximate surface area is 123 Å². The van der Waals surface area contributed by atoms with Gasteiger partial charge >= 0.3 is 0 Å². The second-order valence-electron chi connectivity index (χ2n) is 4.52. The van der Waals surface area contributed by atoms with Crippen LogP contribution in [0.5, 0.6) is 11.5 Å². The first-order valence-electron chi connectivity index (χ1n) is 6.42. The Morgan fingerprint density at radius 3 is 2.14 bits per heavy atom. The topological polar surface area (TPSA) is 64.8 Å². The fraction of sp³-hybridized carbons (Fsp3) is 0.188. The molecule has 1 amide bonds. The lowest BCUT2D eigenvalue weighted by Gasteiger charge is -2.19. The second kappa shape index (κ2) is 6.17. The molecule has 0 saturated carbocycles. The van der Waals surface area contributed by atoms with Gasteiger partial charge in [0.1, 0.15) is 11.5 Å². The lowest BCUT2D eigenvalue weighted by Crippen LogP contribution is -2.27. The van der Waals surface area contributed by atoms with Crippen molar-refractivity contribution in [3.8, 4) is 11.5 Å². The summed E-state index contributed by atoms with van der Waals surface area (Å²) >= 11 is 0. The van der Waals surface area contributed by atoms with E-state index in [1.165, 1.54) is 4.90 Å². The summed E-state index contributed by atoms with van der Waals surface area (Å²) in [5.74, 6) is 1.13. The van der Waals surface area contributed by atoms with Crippen molar-refractivity contribution < 1.29 is 14.3 Å². The van der Waals surface area contributed by atoms with Gasteiger partial charge in [-0.15, -0.1) is 0 Å². The van der Waals surface area contributed by atoms with E-state index in [2.05, 4.69) is 0 Å². The lowest BCUT2D eigenvalue weighted by molar-refractivity contribution is 0.0993. The van der Waals surface area contributed by atoms with Crippen molar-refractivity contribution in [3.63, 3.8) is 0 Å². The van der Waals surface area contributed by atoms with E-state index in [0.717, 1.165) is 11.4 Å². The van der Waals surface area contributed by atoms with Crippen LogP contribution in [0.1, 0.15) is 10.4 Å². The molecule has 0 aliphatic heterocycles. The molecule has 2 aromatic rings. The number of nitrogens with zero attached hydrogens (tertiary/aromatic N) is 1. The average molecular weight is 286 g/mol. The molecule has 2 N–H and O–H groups in total. The molecule has 110 valence electrons. The van der Waals surface area contributed by atoms with Gasteiger partial charge in [0, 0.05) is 18.4 Å². The number of methoxy groups -OCH3 is 2. The minimum Gasteiger partial charge on any atom is -0.497 e. The van der Waals surface area contributed by atoms with Crippen molar-refractivity contribution in [1.82, 2.24) is 0 Å². The Balaban J connectivity index is 2.29. The van der Waals surface area contributed by atoms with Gasteiger partial charge in [-0.05, 0) is 42.5 Å². The van der Waals surface area contributed by atoms with Crippen LogP contribution >= 0.6 is 0 Å². The van der Waals surface area contributed by atoms with E-state index < -0.39 is 0 Å². The van der Waals surface area contributed by atoms with E-state index in [-0.39, 0.29) is 5.91 Å². The van der Waals surface area contributed by atoms with Crippen molar-refractivity contribution in [1.29, 1.82) is 0 Å². The maximum absolute atomic E-state index is 12.5. The number of benzene rings is 2. The number of hydrogen-bond donors (Lipinski definition) is 1. The fourth-order valence-corrected chi connectivity index (χ4v) is 1.95. The number of carbonyl (C=O) groups is 1. The van der Waals surface area contributed by atoms with Crippen molar-refractivity contribution >= 4 is 17.3 Å². The first-order chi connectivity index (χ1) is 10.1. The van der Waals surface area contributed by atoms with Gasteiger partial charge in [-0.1, -0.05) is 0 Å². The second-order valence-corrected chi connectivity index (χ2v) is 4.52. The third-order valence-electron chi connectivity index (χ3n) is 3.26. The molecule has 0 saturated heterocycles. The van der Waals surface area contributed by atoms with Crippen molar-refractivity contribution in [2.24, 2.45) is 0 Å². The van der Waals surface area contributed by atoms with E-state index in [1.54, 1.807) is 51.6 Å². The van der Waals surface area contributed by atoms with E-state index in [9.17, 15) is 4.79 Å². The van der Waals surface area contributed by atoms with Gasteiger partial charge in [0.15, 0.2) is 0 Å². The summed E-state index contributed by atoms with van der Waals surface area (Å²) in [4.78, 5) is 14.1. The highest BCUT2D eigenvalue weighted by molar-refractivity contribution is 6.09. The van der Waals surface area contributed by atoms with Crippen LogP contribution in [0, 0.1) is 0 Å². The van der Waals surface area contributed by atoms with Gasteiger partial charge in [0.25, 0.3) is 5.91 Å². The zero-order valence-corrected chi connectivity index (χ0v) is 12.3. The SMILES string of the molecule is COc1ccc(N(C)C(=O)c2cc(OC)ccc2N)cc1. The molecule has 0 spiro atoms. The molecule has 0 aliphatic rings. The minimum atomic E-state index is -0.198. The Bertz CT molecular complexity index is 638. The zero-order chi connectivity index (χ0) is 15.4. The van der Waals surface area contributed by atoms with Gasteiger partial charge in [0.2, 0.25) is 0 Å². The molecule has 0 aromatic heterocycles. The normalized spacial score (nSPS) is 10.0. The van der Waals surface area contributed by atoms with Crippen molar-refractivity contribution in [2.75, 3.05) is 31.9 Å². The highest BCUT2D eigenvalue weighted by Crippen LogP contribution is 2.24. The van der Waals surface area contributed by atoms with E-state index in [1.807, 2.05) is 12.1 Å². The molecule has 0 radical (unpaired) electrons. The summed E-state index contributed by atoms with van der Waals surface area (Å²) in [6.45, 7) is 0. The van der Waals surface area contributed by atoms with Crippen LogP contribution in [0.4, 0.5) is 11.4 Å². The molecular formula is C16H18N2O3. The molecule has 21 heavy (non-hydrogen) atoms. The van der Waals surface area contributed by atoms with E-state index in [0.29, 0.717) is 17.0 Å². The number of anilines is 2. The van der Waals surface area contributed by atoms with Gasteiger partial charge in [0.05, 0.1) is 19.8 Å². The predicted molar refractivity (Wildman–Crippen MR) is 83.1 cm³/mol. The highest BCUT2D eigenvalue weighted by atomic mass is 16.5. The number of amides is 1. The highest BCUT2D eigenvalue weighted by Gasteiger charge is 2.17. The van der Waals surface area contributed by atoms with Crippen LogP contribution < -0.4 is 20.1 Å². The summed E-state index contributed by atoms with van der Waals surface area (Å²) in [7, 11) is 4.84. The number of nitrogen functional groups attached to an aromatic ring is 1. The van der Waals surface area contributed by atoms with Crippen LogP contribution in [0.25, 0.3) is 0 Å². The van der Waals surface area contributed by atoms with Crippen LogP contribution in [0.3, 0.4) is 0 Å². The number of hydrogen-bond acceptors (Lipinski definition) is 4. The molecule has 5 heteroatoms. The maximum atomic E-state index is 12.5. The molecule has 2 rings (SSSR count). The molecule has 2 aromatic carbocycles. The molecule has 0 bridgehead atoms. The minimum absolute atomic E-state index is 0.198. The molecule has 0 atom stereocenters. The van der Waals surface area contributed by atoms with Crippen LogP contribution in [-0.4, -0.2) is 27.2 Å². The number of rotatable bonds is 4.